The summed E-state index contributed by atoms with van der Waals surface area (Å²) in [5.74, 6) is -2.66. The van der Waals surface area contributed by atoms with Crippen LogP contribution >= 0.6 is 0 Å². The molecule has 1 aliphatic heterocycles. The van der Waals surface area contributed by atoms with Gasteiger partial charge in [-0.25, -0.2) is 9.59 Å². The first kappa shape index (κ1) is 27.8. The first-order chi connectivity index (χ1) is 14.7. The fraction of sp³-hybridized carbons (Fsp3) is 0.619. The van der Waals surface area contributed by atoms with Crippen LogP contribution in [0.4, 0.5) is 13.2 Å². The van der Waals surface area contributed by atoms with E-state index in [-0.39, 0.29) is 0 Å². The zero-order chi connectivity index (χ0) is 24.7. The van der Waals surface area contributed by atoms with Gasteiger partial charge in [0.15, 0.2) is 12.2 Å². The fourth-order valence-electron chi connectivity index (χ4n) is 4.09. The molecule has 1 aromatic carbocycles. The van der Waals surface area contributed by atoms with Crippen molar-refractivity contribution in [2.45, 2.75) is 45.2 Å². The molecule has 6 N–H and O–H groups in total. The lowest BCUT2D eigenvalue weighted by Gasteiger charge is -2.37. The van der Waals surface area contributed by atoms with Crippen molar-refractivity contribution in [3.05, 3.63) is 35.4 Å². The summed E-state index contributed by atoms with van der Waals surface area (Å²) in [7, 11) is 0. The molecule has 0 saturated carbocycles. The second-order valence-corrected chi connectivity index (χ2v) is 8.59. The smallest absolute Gasteiger partial charge is 0.416 e. The van der Waals surface area contributed by atoms with E-state index in [0.717, 1.165) is 30.5 Å². The molecule has 0 radical (unpaired) electrons. The third-order valence-electron chi connectivity index (χ3n) is 5.38. The molecule has 8 nitrogen and oxygen atoms in total. The van der Waals surface area contributed by atoms with E-state index in [9.17, 15) is 22.8 Å². The number of benzene rings is 1. The number of aliphatic hydroxyl groups excluding tert-OH is 2. The third kappa shape index (κ3) is 8.05. The molecule has 1 fully saturated rings. The van der Waals surface area contributed by atoms with E-state index in [1.165, 1.54) is 12.1 Å². The molecule has 4 atom stereocenters. The number of likely N-dealkylation sites (tertiary alicyclic amines) is 1. The maximum atomic E-state index is 13.2. The lowest BCUT2D eigenvalue weighted by molar-refractivity contribution is -0.933. The summed E-state index contributed by atoms with van der Waals surface area (Å²) in [5.41, 5.74) is 5.71. The van der Waals surface area contributed by atoms with E-state index in [0.29, 0.717) is 30.5 Å². The molecule has 0 aliphatic carbocycles. The molecule has 0 bridgehead atoms. The Morgan fingerprint density at radius 3 is 2.06 bits per heavy atom. The SMILES string of the molecule is CC(C)C[N+]1(Cc2ccccc2C(F)(F)F)CC[C@@H](CN)C1.O=C(O)C(O)C(O)C(=O)O. The van der Waals surface area contributed by atoms with Crippen LogP contribution in [0.15, 0.2) is 24.3 Å². The van der Waals surface area contributed by atoms with Crippen molar-refractivity contribution in [1.29, 1.82) is 0 Å². The van der Waals surface area contributed by atoms with Crippen molar-refractivity contribution in [3.63, 3.8) is 0 Å². The van der Waals surface area contributed by atoms with Crippen LogP contribution in [0.2, 0.25) is 0 Å². The van der Waals surface area contributed by atoms with Crippen molar-refractivity contribution in [3.8, 4) is 0 Å². The van der Waals surface area contributed by atoms with E-state index in [1.54, 1.807) is 12.1 Å². The summed E-state index contributed by atoms with van der Waals surface area (Å²) in [6.45, 7) is 8.05. The van der Waals surface area contributed by atoms with Gasteiger partial charge in [-0.1, -0.05) is 32.0 Å². The number of aliphatic hydroxyl groups is 2. The number of carboxylic acids is 2. The highest BCUT2D eigenvalue weighted by molar-refractivity contribution is 5.83. The van der Waals surface area contributed by atoms with Crippen LogP contribution in [-0.4, -0.2) is 75.2 Å². The van der Waals surface area contributed by atoms with E-state index < -0.39 is 35.9 Å². The standard InChI is InChI=1S/C17H26F3N2.C4H6O6/c1-13(2)10-22(8-7-14(9-21)11-22)12-15-5-3-4-6-16(15)17(18,19)20;5-1(3(7)8)2(6)4(9)10/h3-6,13-14H,7-12,21H2,1-2H3;1-2,5-6H,(H,7,8)(H,9,10)/q+1;/t14-,22?;/m0./s1. The molecule has 1 heterocycles. The average molecular weight is 465 g/mol. The van der Waals surface area contributed by atoms with Gasteiger partial charge in [-0.2, -0.15) is 13.2 Å². The van der Waals surface area contributed by atoms with Crippen LogP contribution in [0.1, 0.15) is 31.4 Å². The highest BCUT2D eigenvalue weighted by atomic mass is 19.4. The largest absolute Gasteiger partial charge is 0.479 e. The lowest BCUT2D eigenvalue weighted by Crippen LogP contribution is -2.48. The highest BCUT2D eigenvalue weighted by Gasteiger charge is 2.41. The molecule has 182 valence electrons. The topological polar surface area (TPSA) is 141 Å². The Balaban J connectivity index is 0.000000433. The first-order valence-corrected chi connectivity index (χ1v) is 10.2. The number of nitrogens with zero attached hydrogens (tertiary/aromatic N) is 1. The Labute approximate surface area is 184 Å². The number of carbonyl (C=O) groups is 2. The van der Waals surface area contributed by atoms with Crippen molar-refractivity contribution in [2.75, 3.05) is 26.2 Å². The second-order valence-electron chi connectivity index (χ2n) is 8.59. The van der Waals surface area contributed by atoms with Gasteiger partial charge in [0.2, 0.25) is 0 Å². The normalized spacial score (nSPS) is 22.7. The van der Waals surface area contributed by atoms with Gasteiger partial charge in [-0.3, -0.25) is 0 Å². The van der Waals surface area contributed by atoms with Crippen LogP contribution in [0.3, 0.4) is 0 Å². The fourth-order valence-corrected chi connectivity index (χ4v) is 4.09. The van der Waals surface area contributed by atoms with Crippen LogP contribution < -0.4 is 5.73 Å². The molecule has 1 aliphatic rings. The van der Waals surface area contributed by atoms with E-state index in [4.69, 9.17) is 26.2 Å². The molecule has 1 aromatic rings. The lowest BCUT2D eigenvalue weighted by atomic mass is 10.0. The van der Waals surface area contributed by atoms with Gasteiger partial charge in [-0.05, 0) is 6.07 Å². The van der Waals surface area contributed by atoms with E-state index in [1.807, 2.05) is 0 Å². The molecule has 0 spiro atoms. The molecular weight excluding hydrogens is 433 g/mol. The number of alkyl halides is 3. The van der Waals surface area contributed by atoms with Gasteiger partial charge in [-0.15, -0.1) is 0 Å². The van der Waals surface area contributed by atoms with Crippen LogP contribution in [-0.2, 0) is 22.3 Å². The monoisotopic (exact) mass is 465 g/mol. The van der Waals surface area contributed by atoms with Crippen molar-refractivity contribution in [2.24, 2.45) is 17.6 Å². The van der Waals surface area contributed by atoms with E-state index in [2.05, 4.69) is 13.8 Å². The Morgan fingerprint density at radius 2 is 1.66 bits per heavy atom. The van der Waals surface area contributed by atoms with Gasteiger partial charge in [0.05, 0.1) is 25.2 Å². The molecule has 3 unspecified atom stereocenters. The second kappa shape index (κ2) is 11.6. The maximum Gasteiger partial charge on any atom is 0.416 e. The number of hydrogen-bond acceptors (Lipinski definition) is 5. The van der Waals surface area contributed by atoms with Crippen molar-refractivity contribution >= 4 is 11.9 Å². The summed E-state index contributed by atoms with van der Waals surface area (Å²) < 4.78 is 40.4. The van der Waals surface area contributed by atoms with Gasteiger partial charge in [0.25, 0.3) is 0 Å². The molecule has 1 saturated heterocycles. The predicted octanol–water partition coefficient (Wildman–Crippen LogP) is 1.53. The quantitative estimate of drug-likeness (QED) is 0.367. The molecular formula is C21H32F3N2O6+. The maximum absolute atomic E-state index is 13.2. The van der Waals surface area contributed by atoms with Crippen molar-refractivity contribution in [1.82, 2.24) is 0 Å². The highest BCUT2D eigenvalue weighted by Crippen LogP contribution is 2.35. The first-order valence-electron chi connectivity index (χ1n) is 10.2. The number of rotatable bonds is 8. The molecule has 0 aromatic heterocycles. The third-order valence-corrected chi connectivity index (χ3v) is 5.38. The van der Waals surface area contributed by atoms with Crippen LogP contribution in [0, 0.1) is 11.8 Å². The summed E-state index contributed by atoms with van der Waals surface area (Å²) in [6.07, 6.45) is -7.81. The Kier molecular flexibility index (Phi) is 10.1. The summed E-state index contributed by atoms with van der Waals surface area (Å²) in [5, 5.41) is 32.5. The molecule has 2 rings (SSSR count). The number of hydrogen-bond donors (Lipinski definition) is 5. The van der Waals surface area contributed by atoms with Crippen LogP contribution in [0.5, 0.6) is 0 Å². The summed E-state index contributed by atoms with van der Waals surface area (Å²) >= 11 is 0. The Morgan fingerprint density at radius 1 is 1.12 bits per heavy atom. The molecule has 32 heavy (non-hydrogen) atoms. The van der Waals surface area contributed by atoms with Gasteiger partial charge >= 0.3 is 18.1 Å². The van der Waals surface area contributed by atoms with Gasteiger partial charge in [0.1, 0.15) is 6.54 Å². The molecule has 0 amide bonds. The predicted molar refractivity (Wildman–Crippen MR) is 109 cm³/mol. The number of quaternary nitrogens is 1. The average Bonchev–Trinajstić information content (AvgIpc) is 3.08. The zero-order valence-corrected chi connectivity index (χ0v) is 18.1. The number of carboxylic acid groups (broad SMARTS) is 2. The number of halogens is 3. The van der Waals surface area contributed by atoms with Crippen molar-refractivity contribution < 1.29 is 47.7 Å². The van der Waals surface area contributed by atoms with Gasteiger partial charge in [0, 0.05) is 30.4 Å². The number of nitrogens with two attached hydrogens (primary N) is 1. The van der Waals surface area contributed by atoms with E-state index >= 15 is 0 Å². The minimum Gasteiger partial charge on any atom is -0.479 e. The van der Waals surface area contributed by atoms with Crippen LogP contribution in [0.25, 0.3) is 0 Å². The van der Waals surface area contributed by atoms with Gasteiger partial charge < -0.3 is 30.6 Å². The zero-order valence-electron chi connectivity index (χ0n) is 18.1. The minimum atomic E-state index is -4.29. The minimum absolute atomic E-state index is 0.410. The Hall–Kier alpha value is -2.21. The number of aliphatic carboxylic acids is 2. The Bertz CT molecular complexity index is 756. The summed E-state index contributed by atoms with van der Waals surface area (Å²) in [6, 6.07) is 5.98. The summed E-state index contributed by atoms with van der Waals surface area (Å²) in [4.78, 5) is 19.5. The molecule has 11 heteroatoms.